The third-order valence-corrected chi connectivity index (χ3v) is 5.46. The lowest BCUT2D eigenvalue weighted by Gasteiger charge is -2.35. The average molecular weight is 348 g/mol. The number of amides is 1. The first kappa shape index (κ1) is 16.6. The van der Waals surface area contributed by atoms with E-state index in [1.54, 1.807) is 17.2 Å². The number of H-pyrrole nitrogens is 1. The summed E-state index contributed by atoms with van der Waals surface area (Å²) in [5.74, 6) is -0.174. The zero-order chi connectivity index (χ0) is 17.3. The van der Waals surface area contributed by atoms with E-state index in [9.17, 15) is 13.2 Å². The van der Waals surface area contributed by atoms with Crippen LogP contribution >= 0.6 is 0 Å². The molecule has 0 bridgehead atoms. The van der Waals surface area contributed by atoms with Gasteiger partial charge >= 0.3 is 0 Å². The van der Waals surface area contributed by atoms with Gasteiger partial charge in [-0.05, 0) is 37.8 Å². The molecule has 1 amide bonds. The molecule has 8 heteroatoms. The van der Waals surface area contributed by atoms with Crippen LogP contribution in [0.4, 0.5) is 0 Å². The van der Waals surface area contributed by atoms with Crippen molar-refractivity contribution in [3.8, 4) is 0 Å². The minimum atomic E-state index is -3.41. The number of likely N-dealkylation sites (tertiary alicyclic amines) is 1. The smallest absolute Gasteiger partial charge is 0.273 e. The highest BCUT2D eigenvalue weighted by Crippen LogP contribution is 2.34. The van der Waals surface area contributed by atoms with Crippen molar-refractivity contribution in [2.24, 2.45) is 0 Å². The second-order valence-electron chi connectivity index (χ2n) is 6.10. The Labute approximate surface area is 141 Å². The van der Waals surface area contributed by atoms with Crippen LogP contribution in [-0.4, -0.2) is 47.2 Å². The summed E-state index contributed by atoms with van der Waals surface area (Å²) in [4.78, 5) is 19.0. The molecule has 0 saturated carbocycles. The number of hydrogen-bond acceptors (Lipinski definition) is 5. The number of nitrogens with one attached hydrogen (secondary N) is 1. The Kier molecular flexibility index (Phi) is 4.40. The number of aromatic amines is 1. The molecular formula is C16H20N4O3S. The first-order valence-electron chi connectivity index (χ1n) is 7.85. The van der Waals surface area contributed by atoms with Crippen molar-refractivity contribution in [3.05, 3.63) is 41.5 Å². The predicted molar refractivity (Wildman–Crippen MR) is 88.3 cm³/mol. The highest BCUT2D eigenvalue weighted by atomic mass is 32.2. The normalized spacial score (nSPS) is 18.6. The van der Waals surface area contributed by atoms with Gasteiger partial charge in [0.1, 0.15) is 10.6 Å². The molecule has 24 heavy (non-hydrogen) atoms. The first-order chi connectivity index (χ1) is 11.4. The number of pyridine rings is 1. The van der Waals surface area contributed by atoms with Gasteiger partial charge in [0, 0.05) is 19.0 Å². The summed E-state index contributed by atoms with van der Waals surface area (Å²) >= 11 is 0. The number of carbonyl (C=O) groups excluding carboxylic acids is 1. The quantitative estimate of drug-likeness (QED) is 0.914. The van der Waals surface area contributed by atoms with E-state index in [1.165, 1.54) is 6.20 Å². The standard InChI is InChI=1S/C16H20N4O3S/c1-11-6-5-8-17-14(11)16(21)20-9-4-3-7-12(20)15-13(10-18-19-15)24(2,22)23/h5-6,8,10,12H,3-4,7,9H2,1-2H3,(H,18,19). The Balaban J connectivity index is 2.00. The summed E-state index contributed by atoms with van der Waals surface area (Å²) in [6.45, 7) is 2.42. The van der Waals surface area contributed by atoms with Crippen molar-refractivity contribution in [2.75, 3.05) is 12.8 Å². The van der Waals surface area contributed by atoms with Crippen LogP contribution < -0.4 is 0 Å². The van der Waals surface area contributed by atoms with E-state index in [1.807, 2.05) is 13.0 Å². The molecule has 7 nitrogen and oxygen atoms in total. The molecule has 3 rings (SSSR count). The monoisotopic (exact) mass is 348 g/mol. The summed E-state index contributed by atoms with van der Waals surface area (Å²) in [6, 6.07) is 3.30. The molecule has 1 fully saturated rings. The maximum atomic E-state index is 13.0. The van der Waals surface area contributed by atoms with Crippen LogP contribution in [0.3, 0.4) is 0 Å². The molecule has 0 aliphatic carbocycles. The average Bonchev–Trinajstić information content (AvgIpc) is 3.04. The molecule has 1 aliphatic rings. The molecule has 1 unspecified atom stereocenters. The van der Waals surface area contributed by atoms with Crippen LogP contribution in [-0.2, 0) is 9.84 Å². The van der Waals surface area contributed by atoms with Crippen LogP contribution in [0.25, 0.3) is 0 Å². The van der Waals surface area contributed by atoms with E-state index in [0.29, 0.717) is 24.4 Å². The lowest BCUT2D eigenvalue weighted by molar-refractivity contribution is 0.0595. The van der Waals surface area contributed by atoms with Crippen molar-refractivity contribution in [1.82, 2.24) is 20.1 Å². The predicted octanol–water partition coefficient (Wildman–Crippen LogP) is 1.88. The molecular weight excluding hydrogens is 328 g/mol. The van der Waals surface area contributed by atoms with Gasteiger partial charge in [-0.3, -0.25) is 14.9 Å². The summed E-state index contributed by atoms with van der Waals surface area (Å²) in [5, 5.41) is 6.68. The van der Waals surface area contributed by atoms with E-state index >= 15 is 0 Å². The van der Waals surface area contributed by atoms with E-state index in [0.717, 1.165) is 24.7 Å². The van der Waals surface area contributed by atoms with Crippen LogP contribution in [0.15, 0.2) is 29.4 Å². The van der Waals surface area contributed by atoms with Gasteiger partial charge in [0.05, 0.1) is 17.9 Å². The largest absolute Gasteiger partial charge is 0.329 e. The lowest BCUT2D eigenvalue weighted by atomic mass is 9.98. The number of rotatable bonds is 3. The molecule has 1 atom stereocenters. The van der Waals surface area contributed by atoms with Gasteiger partial charge in [0.25, 0.3) is 5.91 Å². The van der Waals surface area contributed by atoms with E-state index in [-0.39, 0.29) is 16.8 Å². The van der Waals surface area contributed by atoms with Crippen LogP contribution in [0.5, 0.6) is 0 Å². The number of piperidine rings is 1. The van der Waals surface area contributed by atoms with Crippen LogP contribution in [0.2, 0.25) is 0 Å². The Hall–Kier alpha value is -2.22. The molecule has 0 radical (unpaired) electrons. The van der Waals surface area contributed by atoms with Crippen molar-refractivity contribution in [2.45, 2.75) is 37.1 Å². The molecule has 2 aromatic rings. The zero-order valence-electron chi connectivity index (χ0n) is 13.7. The van der Waals surface area contributed by atoms with E-state index in [4.69, 9.17) is 0 Å². The maximum absolute atomic E-state index is 13.0. The van der Waals surface area contributed by atoms with Gasteiger partial charge < -0.3 is 4.90 Å². The summed E-state index contributed by atoms with van der Waals surface area (Å²) < 4.78 is 24.0. The number of nitrogens with zero attached hydrogens (tertiary/aromatic N) is 3. The van der Waals surface area contributed by atoms with Gasteiger partial charge in [0.2, 0.25) is 0 Å². The van der Waals surface area contributed by atoms with Crippen molar-refractivity contribution < 1.29 is 13.2 Å². The maximum Gasteiger partial charge on any atom is 0.273 e. The van der Waals surface area contributed by atoms with E-state index in [2.05, 4.69) is 15.2 Å². The van der Waals surface area contributed by atoms with Gasteiger partial charge in [0.15, 0.2) is 9.84 Å². The molecule has 2 aromatic heterocycles. The van der Waals surface area contributed by atoms with Crippen molar-refractivity contribution in [1.29, 1.82) is 0 Å². The highest BCUT2D eigenvalue weighted by Gasteiger charge is 2.34. The lowest BCUT2D eigenvalue weighted by Crippen LogP contribution is -2.39. The number of aromatic nitrogens is 3. The third-order valence-electron chi connectivity index (χ3n) is 4.34. The number of hydrogen-bond donors (Lipinski definition) is 1. The number of sulfone groups is 1. The third kappa shape index (κ3) is 3.06. The SMILES string of the molecule is Cc1cccnc1C(=O)N1CCCCC1c1[nH]ncc1S(C)(=O)=O. The first-order valence-corrected chi connectivity index (χ1v) is 9.74. The molecule has 128 valence electrons. The van der Waals surface area contributed by atoms with Crippen LogP contribution in [0.1, 0.15) is 47.1 Å². The van der Waals surface area contributed by atoms with Gasteiger partial charge in [-0.25, -0.2) is 8.42 Å². The van der Waals surface area contributed by atoms with Crippen molar-refractivity contribution in [3.63, 3.8) is 0 Å². The highest BCUT2D eigenvalue weighted by molar-refractivity contribution is 7.90. The van der Waals surface area contributed by atoms with Crippen LogP contribution in [0, 0.1) is 6.92 Å². The molecule has 1 N–H and O–H groups in total. The minimum absolute atomic E-state index is 0.157. The summed E-state index contributed by atoms with van der Waals surface area (Å²) in [5.41, 5.74) is 1.70. The molecule has 1 aliphatic heterocycles. The topological polar surface area (TPSA) is 96.0 Å². The number of aryl methyl sites for hydroxylation is 1. The van der Waals surface area contributed by atoms with E-state index < -0.39 is 9.84 Å². The summed E-state index contributed by atoms with van der Waals surface area (Å²) in [6.07, 6.45) is 6.57. The second kappa shape index (κ2) is 6.35. The fraction of sp³-hybridized carbons (Fsp3) is 0.438. The zero-order valence-corrected chi connectivity index (χ0v) is 14.5. The Bertz CT molecular complexity index is 860. The molecule has 0 aromatic carbocycles. The van der Waals surface area contributed by atoms with Gasteiger partial charge in [-0.15, -0.1) is 0 Å². The Morgan fingerprint density at radius 1 is 1.38 bits per heavy atom. The fourth-order valence-corrected chi connectivity index (χ4v) is 3.96. The molecule has 3 heterocycles. The number of carbonyl (C=O) groups is 1. The fourth-order valence-electron chi connectivity index (χ4n) is 3.14. The Morgan fingerprint density at radius 2 is 2.17 bits per heavy atom. The van der Waals surface area contributed by atoms with Crippen molar-refractivity contribution >= 4 is 15.7 Å². The van der Waals surface area contributed by atoms with Gasteiger partial charge in [-0.1, -0.05) is 6.07 Å². The Morgan fingerprint density at radius 3 is 2.88 bits per heavy atom. The minimum Gasteiger partial charge on any atom is -0.329 e. The molecule has 0 spiro atoms. The molecule has 1 saturated heterocycles. The summed E-state index contributed by atoms with van der Waals surface area (Å²) in [7, 11) is -3.41. The van der Waals surface area contributed by atoms with Gasteiger partial charge in [-0.2, -0.15) is 5.10 Å². The second-order valence-corrected chi connectivity index (χ2v) is 8.08.